The van der Waals surface area contributed by atoms with E-state index in [1.165, 1.54) is 32.1 Å². The van der Waals surface area contributed by atoms with Crippen LogP contribution in [0.25, 0.3) is 0 Å². The van der Waals surface area contributed by atoms with Crippen molar-refractivity contribution in [1.82, 2.24) is 5.32 Å². The van der Waals surface area contributed by atoms with Crippen LogP contribution in [-0.2, 0) is 4.74 Å². The number of hydrogen-bond acceptors (Lipinski definition) is 2. The maximum Gasteiger partial charge on any atom is 0.0733 e. The van der Waals surface area contributed by atoms with E-state index < -0.39 is 0 Å². The first kappa shape index (κ1) is 12.4. The van der Waals surface area contributed by atoms with E-state index in [4.69, 9.17) is 4.74 Å². The van der Waals surface area contributed by atoms with Gasteiger partial charge in [0.1, 0.15) is 0 Å². The Kier molecular flexibility index (Phi) is 3.91. The Morgan fingerprint density at radius 1 is 1.25 bits per heavy atom. The van der Waals surface area contributed by atoms with Crippen LogP contribution in [0.5, 0.6) is 0 Å². The molecule has 2 aliphatic rings. The summed E-state index contributed by atoms with van der Waals surface area (Å²) in [6.45, 7) is 8.95. The molecule has 0 radical (unpaired) electrons. The highest BCUT2D eigenvalue weighted by atomic mass is 16.5. The standard InChI is InChI=1S/C14H27NO/c1-4-15-13-12(7-9-14(13,2)3)16-10-8-11-5-6-11/h11-13,15H,4-10H2,1-3H3. The zero-order chi connectivity index (χ0) is 11.6. The summed E-state index contributed by atoms with van der Waals surface area (Å²) < 4.78 is 6.09. The van der Waals surface area contributed by atoms with E-state index in [1.807, 2.05) is 0 Å². The number of ether oxygens (including phenoxy) is 1. The van der Waals surface area contributed by atoms with Crippen molar-refractivity contribution in [3.05, 3.63) is 0 Å². The van der Waals surface area contributed by atoms with E-state index in [0.29, 0.717) is 17.6 Å². The Morgan fingerprint density at radius 2 is 2.00 bits per heavy atom. The van der Waals surface area contributed by atoms with E-state index in [2.05, 4.69) is 26.1 Å². The minimum Gasteiger partial charge on any atom is -0.377 e. The quantitative estimate of drug-likeness (QED) is 0.750. The zero-order valence-electron chi connectivity index (χ0n) is 11.1. The van der Waals surface area contributed by atoms with Crippen LogP contribution in [0, 0.1) is 11.3 Å². The van der Waals surface area contributed by atoms with Crippen LogP contribution >= 0.6 is 0 Å². The van der Waals surface area contributed by atoms with Gasteiger partial charge >= 0.3 is 0 Å². The minimum atomic E-state index is 0.403. The lowest BCUT2D eigenvalue weighted by Gasteiger charge is -2.31. The predicted molar refractivity (Wildman–Crippen MR) is 67.6 cm³/mol. The van der Waals surface area contributed by atoms with Crippen molar-refractivity contribution in [3.8, 4) is 0 Å². The van der Waals surface area contributed by atoms with Gasteiger partial charge < -0.3 is 10.1 Å². The van der Waals surface area contributed by atoms with Crippen molar-refractivity contribution in [2.45, 2.75) is 65.0 Å². The van der Waals surface area contributed by atoms with Crippen LogP contribution in [0.1, 0.15) is 52.9 Å². The Morgan fingerprint density at radius 3 is 2.62 bits per heavy atom. The van der Waals surface area contributed by atoms with E-state index in [0.717, 1.165) is 19.1 Å². The highest BCUT2D eigenvalue weighted by molar-refractivity contribution is 4.97. The molecule has 0 bridgehead atoms. The van der Waals surface area contributed by atoms with Gasteiger partial charge in [-0.15, -0.1) is 0 Å². The van der Waals surface area contributed by atoms with Gasteiger partial charge in [0.2, 0.25) is 0 Å². The van der Waals surface area contributed by atoms with Gasteiger partial charge in [-0.3, -0.25) is 0 Å². The Labute approximate surface area is 100 Å². The molecule has 0 heterocycles. The fraction of sp³-hybridized carbons (Fsp3) is 1.00. The number of hydrogen-bond donors (Lipinski definition) is 1. The predicted octanol–water partition coefficient (Wildman–Crippen LogP) is 2.97. The smallest absolute Gasteiger partial charge is 0.0733 e. The molecule has 2 fully saturated rings. The molecule has 0 aromatic rings. The third-order valence-electron chi connectivity index (χ3n) is 4.27. The summed E-state index contributed by atoms with van der Waals surface area (Å²) in [6.07, 6.45) is 7.14. The van der Waals surface area contributed by atoms with Gasteiger partial charge in [0.15, 0.2) is 0 Å². The third-order valence-corrected chi connectivity index (χ3v) is 4.27. The largest absolute Gasteiger partial charge is 0.377 e. The topological polar surface area (TPSA) is 21.3 Å². The first-order chi connectivity index (χ1) is 7.63. The van der Waals surface area contributed by atoms with Gasteiger partial charge in [0, 0.05) is 12.6 Å². The molecule has 0 saturated heterocycles. The Hall–Kier alpha value is -0.0800. The van der Waals surface area contributed by atoms with Crippen molar-refractivity contribution in [2.24, 2.45) is 11.3 Å². The lowest BCUT2D eigenvalue weighted by atomic mass is 9.87. The second kappa shape index (κ2) is 5.05. The Bertz CT molecular complexity index is 223. The van der Waals surface area contributed by atoms with Crippen molar-refractivity contribution >= 4 is 0 Å². The summed E-state index contributed by atoms with van der Waals surface area (Å²) in [5.74, 6) is 0.993. The molecule has 0 spiro atoms. The van der Waals surface area contributed by atoms with Gasteiger partial charge in [-0.25, -0.2) is 0 Å². The molecule has 2 aliphatic carbocycles. The van der Waals surface area contributed by atoms with Gasteiger partial charge in [0.05, 0.1) is 6.10 Å². The fourth-order valence-electron chi connectivity index (χ4n) is 2.94. The van der Waals surface area contributed by atoms with Crippen LogP contribution in [-0.4, -0.2) is 25.3 Å². The van der Waals surface area contributed by atoms with Crippen LogP contribution in [0.15, 0.2) is 0 Å². The molecule has 1 N–H and O–H groups in total. The molecular weight excluding hydrogens is 198 g/mol. The molecule has 2 nitrogen and oxygen atoms in total. The molecule has 0 amide bonds. The third kappa shape index (κ3) is 2.98. The lowest BCUT2D eigenvalue weighted by molar-refractivity contribution is 0.0241. The van der Waals surface area contributed by atoms with E-state index in [9.17, 15) is 0 Å². The summed E-state index contributed by atoms with van der Waals surface area (Å²) >= 11 is 0. The van der Waals surface area contributed by atoms with Gasteiger partial charge in [-0.2, -0.15) is 0 Å². The average Bonchev–Trinajstić information content (AvgIpc) is 2.99. The Balaban J connectivity index is 1.77. The first-order valence-electron chi connectivity index (χ1n) is 6.98. The molecule has 2 saturated carbocycles. The monoisotopic (exact) mass is 225 g/mol. The normalized spacial score (nSPS) is 33.2. The molecule has 2 heteroatoms. The highest BCUT2D eigenvalue weighted by Gasteiger charge is 2.42. The van der Waals surface area contributed by atoms with Crippen molar-refractivity contribution in [3.63, 3.8) is 0 Å². The molecular formula is C14H27NO. The van der Waals surface area contributed by atoms with E-state index in [-0.39, 0.29) is 0 Å². The molecule has 0 aliphatic heterocycles. The summed E-state index contributed by atoms with van der Waals surface area (Å²) in [4.78, 5) is 0. The van der Waals surface area contributed by atoms with Crippen LogP contribution in [0.2, 0.25) is 0 Å². The molecule has 94 valence electrons. The molecule has 16 heavy (non-hydrogen) atoms. The van der Waals surface area contributed by atoms with Crippen molar-refractivity contribution in [2.75, 3.05) is 13.2 Å². The number of likely N-dealkylation sites (N-methyl/N-ethyl adjacent to an activating group) is 1. The lowest BCUT2D eigenvalue weighted by Crippen LogP contribution is -2.45. The minimum absolute atomic E-state index is 0.403. The van der Waals surface area contributed by atoms with Gasteiger partial charge in [-0.05, 0) is 37.1 Å². The second-order valence-electron chi connectivity index (χ2n) is 6.20. The van der Waals surface area contributed by atoms with Crippen LogP contribution < -0.4 is 5.32 Å². The summed E-state index contributed by atoms with van der Waals surface area (Å²) in [6, 6.07) is 0.553. The summed E-state index contributed by atoms with van der Waals surface area (Å²) in [5.41, 5.74) is 0.403. The SMILES string of the molecule is CCNC1C(OCCC2CC2)CCC1(C)C. The maximum absolute atomic E-state index is 6.09. The highest BCUT2D eigenvalue weighted by Crippen LogP contribution is 2.39. The van der Waals surface area contributed by atoms with Crippen LogP contribution in [0.3, 0.4) is 0 Å². The summed E-state index contributed by atoms with van der Waals surface area (Å²) in [7, 11) is 0. The summed E-state index contributed by atoms with van der Waals surface area (Å²) in [5, 5.41) is 3.61. The fourth-order valence-corrected chi connectivity index (χ4v) is 2.94. The van der Waals surface area contributed by atoms with E-state index >= 15 is 0 Å². The van der Waals surface area contributed by atoms with E-state index in [1.54, 1.807) is 0 Å². The second-order valence-corrected chi connectivity index (χ2v) is 6.20. The number of rotatable bonds is 6. The molecule has 0 aromatic carbocycles. The molecule has 0 aromatic heterocycles. The first-order valence-corrected chi connectivity index (χ1v) is 6.98. The average molecular weight is 225 g/mol. The number of nitrogens with one attached hydrogen (secondary N) is 1. The van der Waals surface area contributed by atoms with Gasteiger partial charge in [-0.1, -0.05) is 33.6 Å². The van der Waals surface area contributed by atoms with Crippen LogP contribution in [0.4, 0.5) is 0 Å². The molecule has 2 rings (SSSR count). The van der Waals surface area contributed by atoms with Crippen molar-refractivity contribution in [1.29, 1.82) is 0 Å². The zero-order valence-corrected chi connectivity index (χ0v) is 11.1. The van der Waals surface area contributed by atoms with Crippen molar-refractivity contribution < 1.29 is 4.74 Å². The maximum atomic E-state index is 6.09. The van der Waals surface area contributed by atoms with Gasteiger partial charge in [0.25, 0.3) is 0 Å². The molecule has 2 unspecified atom stereocenters. The molecule has 2 atom stereocenters.